The van der Waals surface area contributed by atoms with E-state index in [2.05, 4.69) is 17.3 Å². The monoisotopic (exact) mass is 229 g/mol. The molecule has 0 aliphatic rings. The molecule has 4 nitrogen and oxygen atoms in total. The van der Waals surface area contributed by atoms with Crippen LogP contribution in [0.4, 0.5) is 5.69 Å². The summed E-state index contributed by atoms with van der Waals surface area (Å²) in [5, 5.41) is 6.80. The van der Waals surface area contributed by atoms with Gasteiger partial charge < -0.3 is 5.32 Å². The number of aryl methyl sites for hydroxylation is 2. The normalized spacial score (nSPS) is 10.2. The lowest BCUT2D eigenvalue weighted by Crippen LogP contribution is -2.15. The van der Waals surface area contributed by atoms with E-state index in [-0.39, 0.29) is 5.91 Å². The van der Waals surface area contributed by atoms with Crippen LogP contribution in [-0.2, 0) is 13.5 Å². The lowest BCUT2D eigenvalue weighted by Gasteiger charge is -2.06. The van der Waals surface area contributed by atoms with E-state index in [9.17, 15) is 4.79 Å². The molecule has 0 bridgehead atoms. The molecule has 1 N–H and O–H groups in total. The van der Waals surface area contributed by atoms with Gasteiger partial charge in [0.15, 0.2) is 0 Å². The Bertz CT molecular complexity index is 514. The number of anilines is 1. The van der Waals surface area contributed by atoms with Crippen LogP contribution in [0.1, 0.15) is 23.0 Å². The van der Waals surface area contributed by atoms with Crippen LogP contribution in [0.25, 0.3) is 0 Å². The number of hydrogen-bond donors (Lipinski definition) is 1. The van der Waals surface area contributed by atoms with E-state index >= 15 is 0 Å². The van der Waals surface area contributed by atoms with Gasteiger partial charge in [-0.2, -0.15) is 5.10 Å². The number of nitrogens with one attached hydrogen (secondary N) is 1. The molecular formula is C13H15N3O. The van der Waals surface area contributed by atoms with Crippen molar-refractivity contribution in [2.45, 2.75) is 13.3 Å². The second-order valence-corrected chi connectivity index (χ2v) is 3.84. The van der Waals surface area contributed by atoms with Gasteiger partial charge in [0.1, 0.15) is 5.69 Å². The fourth-order valence-corrected chi connectivity index (χ4v) is 1.62. The first kappa shape index (κ1) is 11.4. The molecule has 2 aromatic rings. The minimum Gasteiger partial charge on any atom is -0.321 e. The Morgan fingerprint density at radius 1 is 1.29 bits per heavy atom. The second kappa shape index (κ2) is 4.82. The van der Waals surface area contributed by atoms with Gasteiger partial charge in [0.05, 0.1) is 0 Å². The van der Waals surface area contributed by atoms with E-state index in [4.69, 9.17) is 0 Å². The highest BCUT2D eigenvalue weighted by Crippen LogP contribution is 2.11. The largest absolute Gasteiger partial charge is 0.321 e. The lowest BCUT2D eigenvalue weighted by molar-refractivity contribution is 0.101. The molecule has 17 heavy (non-hydrogen) atoms. The number of amides is 1. The molecule has 1 amide bonds. The van der Waals surface area contributed by atoms with Crippen molar-refractivity contribution in [2.24, 2.45) is 7.05 Å². The van der Waals surface area contributed by atoms with Crippen LogP contribution in [0.15, 0.2) is 36.5 Å². The van der Waals surface area contributed by atoms with Crippen molar-refractivity contribution >= 4 is 11.6 Å². The summed E-state index contributed by atoms with van der Waals surface area (Å²) >= 11 is 0. The molecule has 0 aliphatic carbocycles. The Balaban J connectivity index is 2.10. The van der Waals surface area contributed by atoms with Gasteiger partial charge in [0.25, 0.3) is 5.91 Å². The summed E-state index contributed by atoms with van der Waals surface area (Å²) in [5.41, 5.74) is 2.60. The summed E-state index contributed by atoms with van der Waals surface area (Å²) < 4.78 is 1.55. The minimum atomic E-state index is -0.144. The second-order valence-electron chi connectivity index (χ2n) is 3.84. The van der Waals surface area contributed by atoms with E-state index < -0.39 is 0 Å². The van der Waals surface area contributed by atoms with E-state index in [0.29, 0.717) is 5.69 Å². The maximum atomic E-state index is 11.9. The van der Waals surface area contributed by atoms with E-state index in [1.54, 1.807) is 24.0 Å². The van der Waals surface area contributed by atoms with Gasteiger partial charge in [0, 0.05) is 18.9 Å². The molecular weight excluding hydrogens is 214 g/mol. The van der Waals surface area contributed by atoms with Gasteiger partial charge in [0.2, 0.25) is 0 Å². The molecule has 4 heteroatoms. The van der Waals surface area contributed by atoms with Crippen LogP contribution >= 0.6 is 0 Å². The molecule has 0 saturated carbocycles. The van der Waals surface area contributed by atoms with E-state index in [1.807, 2.05) is 24.3 Å². The van der Waals surface area contributed by atoms with Crippen molar-refractivity contribution in [1.29, 1.82) is 0 Å². The molecule has 0 atom stereocenters. The Morgan fingerprint density at radius 3 is 2.53 bits per heavy atom. The standard InChI is InChI=1S/C13H15N3O/c1-3-10-4-6-11(7-5-10)15-13(17)12-8-9-14-16(12)2/h4-9H,3H2,1-2H3,(H,15,17). The Morgan fingerprint density at radius 2 is 2.00 bits per heavy atom. The van der Waals surface area contributed by atoms with Crippen LogP contribution in [0.2, 0.25) is 0 Å². The molecule has 0 radical (unpaired) electrons. The third-order valence-electron chi connectivity index (χ3n) is 2.67. The SMILES string of the molecule is CCc1ccc(NC(=O)c2ccnn2C)cc1. The number of benzene rings is 1. The topological polar surface area (TPSA) is 46.9 Å². The van der Waals surface area contributed by atoms with Crippen LogP contribution in [0.3, 0.4) is 0 Å². The van der Waals surface area contributed by atoms with E-state index in [1.165, 1.54) is 5.56 Å². The van der Waals surface area contributed by atoms with Crippen LogP contribution in [0, 0.1) is 0 Å². The highest BCUT2D eigenvalue weighted by molar-refractivity contribution is 6.02. The van der Waals surface area contributed by atoms with Crippen LogP contribution in [-0.4, -0.2) is 15.7 Å². The van der Waals surface area contributed by atoms with Crippen molar-refractivity contribution in [3.63, 3.8) is 0 Å². The van der Waals surface area contributed by atoms with Crippen LogP contribution < -0.4 is 5.32 Å². The van der Waals surface area contributed by atoms with Gasteiger partial charge in [-0.25, -0.2) is 0 Å². The summed E-state index contributed by atoms with van der Waals surface area (Å²) in [6, 6.07) is 9.54. The summed E-state index contributed by atoms with van der Waals surface area (Å²) in [7, 11) is 1.75. The summed E-state index contributed by atoms with van der Waals surface area (Å²) in [6.07, 6.45) is 2.60. The van der Waals surface area contributed by atoms with Gasteiger partial charge in [-0.3, -0.25) is 9.48 Å². The Hall–Kier alpha value is -2.10. The van der Waals surface area contributed by atoms with Crippen molar-refractivity contribution < 1.29 is 4.79 Å². The first-order valence-corrected chi connectivity index (χ1v) is 5.59. The molecule has 1 heterocycles. The summed E-state index contributed by atoms with van der Waals surface area (Å²) in [5.74, 6) is -0.144. The summed E-state index contributed by atoms with van der Waals surface area (Å²) in [4.78, 5) is 11.9. The molecule has 0 saturated heterocycles. The average Bonchev–Trinajstić information content (AvgIpc) is 2.76. The number of rotatable bonds is 3. The third kappa shape index (κ3) is 2.53. The van der Waals surface area contributed by atoms with Crippen molar-refractivity contribution in [1.82, 2.24) is 9.78 Å². The van der Waals surface area contributed by atoms with Crippen molar-refractivity contribution in [3.05, 3.63) is 47.8 Å². The average molecular weight is 229 g/mol. The highest BCUT2D eigenvalue weighted by Gasteiger charge is 2.09. The fourth-order valence-electron chi connectivity index (χ4n) is 1.62. The zero-order chi connectivity index (χ0) is 12.3. The summed E-state index contributed by atoms with van der Waals surface area (Å²) in [6.45, 7) is 2.10. The number of carbonyl (C=O) groups is 1. The maximum Gasteiger partial charge on any atom is 0.273 e. The molecule has 2 rings (SSSR count). The lowest BCUT2D eigenvalue weighted by atomic mass is 10.1. The van der Waals surface area contributed by atoms with Crippen LogP contribution in [0.5, 0.6) is 0 Å². The van der Waals surface area contributed by atoms with Gasteiger partial charge in [-0.1, -0.05) is 19.1 Å². The molecule has 0 aliphatic heterocycles. The quantitative estimate of drug-likeness (QED) is 0.877. The molecule has 1 aromatic carbocycles. The molecule has 0 spiro atoms. The van der Waals surface area contributed by atoms with E-state index in [0.717, 1.165) is 12.1 Å². The zero-order valence-corrected chi connectivity index (χ0v) is 9.97. The third-order valence-corrected chi connectivity index (χ3v) is 2.67. The Labute approximate surface area is 100 Å². The van der Waals surface area contributed by atoms with Crippen molar-refractivity contribution in [2.75, 3.05) is 5.32 Å². The first-order chi connectivity index (χ1) is 8.20. The van der Waals surface area contributed by atoms with Crippen molar-refractivity contribution in [3.8, 4) is 0 Å². The number of aromatic nitrogens is 2. The molecule has 0 fully saturated rings. The smallest absolute Gasteiger partial charge is 0.273 e. The molecule has 1 aromatic heterocycles. The first-order valence-electron chi connectivity index (χ1n) is 5.59. The Kier molecular flexibility index (Phi) is 3.23. The molecule has 88 valence electrons. The minimum absolute atomic E-state index is 0.144. The number of carbonyl (C=O) groups excluding carboxylic acids is 1. The predicted molar refractivity (Wildman–Crippen MR) is 67.0 cm³/mol. The van der Waals surface area contributed by atoms with Gasteiger partial charge in [-0.15, -0.1) is 0 Å². The number of nitrogens with zero attached hydrogens (tertiary/aromatic N) is 2. The maximum absolute atomic E-state index is 11.9. The van der Waals surface area contributed by atoms with Gasteiger partial charge in [-0.05, 0) is 30.2 Å². The fraction of sp³-hybridized carbons (Fsp3) is 0.231. The molecule has 0 unspecified atom stereocenters. The number of hydrogen-bond acceptors (Lipinski definition) is 2. The highest BCUT2D eigenvalue weighted by atomic mass is 16.2. The zero-order valence-electron chi connectivity index (χ0n) is 9.97. The predicted octanol–water partition coefficient (Wildman–Crippen LogP) is 2.23. The van der Waals surface area contributed by atoms with Gasteiger partial charge >= 0.3 is 0 Å².